The number of anilines is 1. The minimum Gasteiger partial charge on any atom is -0.308 e. The van der Waals surface area contributed by atoms with Gasteiger partial charge in [-0.2, -0.15) is 12.6 Å². The maximum Gasteiger partial charge on any atom is 0.239 e. The topological polar surface area (TPSA) is 38.1 Å². The summed E-state index contributed by atoms with van der Waals surface area (Å²) in [6.07, 6.45) is 0. The van der Waals surface area contributed by atoms with Crippen molar-refractivity contribution in [1.82, 2.24) is 9.55 Å². The van der Waals surface area contributed by atoms with Crippen LogP contribution in [0.5, 0.6) is 0 Å². The van der Waals surface area contributed by atoms with Gasteiger partial charge in [0.1, 0.15) is 0 Å². The number of thiol groups is 1. The van der Waals surface area contributed by atoms with E-state index in [9.17, 15) is 4.79 Å². The van der Waals surface area contributed by atoms with E-state index in [1.54, 1.807) is 4.90 Å². The van der Waals surface area contributed by atoms with E-state index in [0.29, 0.717) is 6.54 Å². The molecule has 1 aliphatic heterocycles. The van der Waals surface area contributed by atoms with Crippen LogP contribution in [-0.4, -0.2) is 27.8 Å². The van der Waals surface area contributed by atoms with Crippen LogP contribution in [-0.2, 0) is 11.3 Å². The lowest BCUT2D eigenvalue weighted by Crippen LogP contribution is -2.30. The Morgan fingerprint density at radius 2 is 2.19 bits per heavy atom. The number of para-hydroxylation sites is 2. The zero-order chi connectivity index (χ0) is 11.1. The molecule has 1 aromatic carbocycles. The molecule has 5 heteroatoms. The van der Waals surface area contributed by atoms with Gasteiger partial charge in [-0.1, -0.05) is 12.1 Å². The molecule has 1 aliphatic rings. The molecule has 1 amide bonds. The number of benzene rings is 1. The summed E-state index contributed by atoms with van der Waals surface area (Å²) < 4.78 is 2.08. The van der Waals surface area contributed by atoms with E-state index in [1.807, 2.05) is 24.3 Å². The number of aromatic nitrogens is 2. The van der Waals surface area contributed by atoms with Crippen molar-refractivity contribution >= 4 is 35.5 Å². The Balaban J connectivity index is 2.16. The fourth-order valence-electron chi connectivity index (χ4n) is 2.11. The number of imidazole rings is 1. The molecule has 4 nitrogen and oxygen atoms in total. The lowest BCUT2D eigenvalue weighted by atomic mass is 10.3. The molecule has 16 heavy (non-hydrogen) atoms. The van der Waals surface area contributed by atoms with Crippen LogP contribution in [0.15, 0.2) is 24.3 Å². The lowest BCUT2D eigenvalue weighted by molar-refractivity contribution is -0.116. The number of hydrogen-bond donors (Lipinski definition) is 1. The Morgan fingerprint density at radius 3 is 3.00 bits per heavy atom. The van der Waals surface area contributed by atoms with Crippen LogP contribution in [0.4, 0.5) is 5.95 Å². The molecule has 0 N–H and O–H groups in total. The smallest absolute Gasteiger partial charge is 0.239 e. The average Bonchev–Trinajstić information content (AvgIpc) is 2.86. The van der Waals surface area contributed by atoms with Gasteiger partial charge in [-0.05, 0) is 12.1 Å². The molecule has 0 saturated heterocycles. The molecule has 3 rings (SSSR count). The van der Waals surface area contributed by atoms with Crippen molar-refractivity contribution in [2.45, 2.75) is 6.54 Å². The normalized spacial score (nSPS) is 14.4. The largest absolute Gasteiger partial charge is 0.308 e. The third kappa shape index (κ3) is 1.24. The molecule has 0 spiro atoms. The van der Waals surface area contributed by atoms with Crippen LogP contribution in [0.25, 0.3) is 11.0 Å². The summed E-state index contributed by atoms with van der Waals surface area (Å²) in [4.78, 5) is 17.8. The van der Waals surface area contributed by atoms with Gasteiger partial charge in [0.25, 0.3) is 0 Å². The summed E-state index contributed by atoms with van der Waals surface area (Å²) in [7, 11) is 0. The van der Waals surface area contributed by atoms with Crippen molar-refractivity contribution in [1.29, 1.82) is 0 Å². The SMILES string of the molecule is O=C(CS)N1CCn2c1nc1ccccc12. The van der Waals surface area contributed by atoms with Crippen LogP contribution in [0.1, 0.15) is 0 Å². The fourth-order valence-corrected chi connectivity index (χ4v) is 2.28. The van der Waals surface area contributed by atoms with E-state index in [4.69, 9.17) is 0 Å². The van der Waals surface area contributed by atoms with Gasteiger partial charge in [0.05, 0.1) is 16.8 Å². The maximum atomic E-state index is 11.6. The average molecular weight is 233 g/mol. The van der Waals surface area contributed by atoms with Crippen LogP contribution in [0, 0.1) is 0 Å². The molecule has 0 atom stereocenters. The standard InChI is InChI=1S/C11H11N3OS/c15-10(7-16)14-6-5-13-9-4-2-1-3-8(9)12-11(13)14/h1-4,16H,5-7H2. The molecule has 0 aliphatic carbocycles. The number of carbonyl (C=O) groups is 1. The fraction of sp³-hybridized carbons (Fsp3) is 0.273. The number of carbonyl (C=O) groups excluding carboxylic acids is 1. The van der Waals surface area contributed by atoms with E-state index in [-0.39, 0.29) is 11.7 Å². The molecule has 2 aromatic rings. The highest BCUT2D eigenvalue weighted by molar-refractivity contribution is 7.81. The highest BCUT2D eigenvalue weighted by Crippen LogP contribution is 2.26. The second kappa shape index (κ2) is 3.52. The first-order valence-electron chi connectivity index (χ1n) is 5.18. The van der Waals surface area contributed by atoms with E-state index in [2.05, 4.69) is 22.2 Å². The summed E-state index contributed by atoms with van der Waals surface area (Å²) in [6, 6.07) is 7.93. The molecule has 0 radical (unpaired) electrons. The Labute approximate surface area is 98.3 Å². The second-order valence-corrected chi connectivity index (χ2v) is 4.07. The third-order valence-corrected chi connectivity index (χ3v) is 3.13. The molecular weight excluding hydrogens is 222 g/mol. The number of amides is 1. The first-order valence-corrected chi connectivity index (χ1v) is 5.81. The molecule has 2 heterocycles. The molecule has 82 valence electrons. The predicted octanol–water partition coefficient (Wildman–Crippen LogP) is 1.31. The predicted molar refractivity (Wildman–Crippen MR) is 65.9 cm³/mol. The molecule has 0 saturated carbocycles. The highest BCUT2D eigenvalue weighted by Gasteiger charge is 2.27. The summed E-state index contributed by atoms with van der Waals surface area (Å²) in [5, 5.41) is 0. The molecular formula is C11H11N3OS. The van der Waals surface area contributed by atoms with Crippen molar-refractivity contribution in [3.8, 4) is 0 Å². The van der Waals surface area contributed by atoms with Crippen molar-refractivity contribution in [3.63, 3.8) is 0 Å². The van der Waals surface area contributed by atoms with Crippen molar-refractivity contribution in [3.05, 3.63) is 24.3 Å². The summed E-state index contributed by atoms with van der Waals surface area (Å²) in [6.45, 7) is 1.52. The zero-order valence-corrected chi connectivity index (χ0v) is 9.52. The first-order chi connectivity index (χ1) is 7.81. The van der Waals surface area contributed by atoms with E-state index in [0.717, 1.165) is 23.5 Å². The van der Waals surface area contributed by atoms with Crippen LogP contribution in [0.2, 0.25) is 0 Å². The lowest BCUT2D eigenvalue weighted by Gasteiger charge is -2.11. The number of fused-ring (bicyclic) bond motifs is 3. The molecule has 0 fully saturated rings. The maximum absolute atomic E-state index is 11.6. The Hall–Kier alpha value is -1.49. The van der Waals surface area contributed by atoms with E-state index < -0.39 is 0 Å². The number of rotatable bonds is 1. The van der Waals surface area contributed by atoms with Gasteiger partial charge in [0, 0.05) is 13.1 Å². The van der Waals surface area contributed by atoms with Crippen LogP contribution < -0.4 is 4.90 Å². The van der Waals surface area contributed by atoms with Crippen molar-refractivity contribution < 1.29 is 4.79 Å². The van der Waals surface area contributed by atoms with Gasteiger partial charge in [-0.25, -0.2) is 4.98 Å². The number of hydrogen-bond acceptors (Lipinski definition) is 3. The van der Waals surface area contributed by atoms with Gasteiger partial charge in [0.15, 0.2) is 0 Å². The Morgan fingerprint density at radius 1 is 1.38 bits per heavy atom. The Kier molecular flexibility index (Phi) is 2.14. The van der Waals surface area contributed by atoms with Gasteiger partial charge in [-0.3, -0.25) is 9.69 Å². The van der Waals surface area contributed by atoms with Gasteiger partial charge < -0.3 is 4.57 Å². The van der Waals surface area contributed by atoms with Crippen LogP contribution >= 0.6 is 12.6 Å². The van der Waals surface area contributed by atoms with E-state index in [1.165, 1.54) is 0 Å². The minimum absolute atomic E-state index is 0.0115. The second-order valence-electron chi connectivity index (χ2n) is 3.76. The number of nitrogens with zero attached hydrogens (tertiary/aromatic N) is 3. The zero-order valence-electron chi connectivity index (χ0n) is 8.63. The van der Waals surface area contributed by atoms with Gasteiger partial charge in [0.2, 0.25) is 11.9 Å². The first kappa shape index (κ1) is 9.72. The van der Waals surface area contributed by atoms with Crippen molar-refractivity contribution in [2.24, 2.45) is 0 Å². The summed E-state index contributed by atoms with van der Waals surface area (Å²) in [5.41, 5.74) is 2.03. The molecule has 1 aromatic heterocycles. The highest BCUT2D eigenvalue weighted by atomic mass is 32.1. The van der Waals surface area contributed by atoms with Gasteiger partial charge in [-0.15, -0.1) is 0 Å². The summed E-state index contributed by atoms with van der Waals surface area (Å²) in [5.74, 6) is 0.987. The van der Waals surface area contributed by atoms with Crippen molar-refractivity contribution in [2.75, 3.05) is 17.2 Å². The van der Waals surface area contributed by atoms with Gasteiger partial charge >= 0.3 is 0 Å². The molecule has 0 unspecified atom stereocenters. The van der Waals surface area contributed by atoms with Crippen LogP contribution in [0.3, 0.4) is 0 Å². The Bertz CT molecular complexity index is 563. The minimum atomic E-state index is 0.0115. The summed E-state index contributed by atoms with van der Waals surface area (Å²) >= 11 is 4.02. The monoisotopic (exact) mass is 233 g/mol. The van der Waals surface area contributed by atoms with E-state index >= 15 is 0 Å². The third-order valence-electron chi connectivity index (χ3n) is 2.86. The quantitative estimate of drug-likeness (QED) is 0.754. The molecule has 0 bridgehead atoms.